The number of anilines is 1. The van der Waals surface area contributed by atoms with E-state index in [1.54, 1.807) is 24.3 Å². The summed E-state index contributed by atoms with van der Waals surface area (Å²) < 4.78 is 19.3. The molecule has 0 unspecified atom stereocenters. The molecule has 2 aliphatic rings. The second kappa shape index (κ2) is 12.1. The van der Waals surface area contributed by atoms with Gasteiger partial charge in [-0.1, -0.05) is 54.3 Å². The van der Waals surface area contributed by atoms with Gasteiger partial charge in [0.15, 0.2) is 0 Å². The van der Waals surface area contributed by atoms with Crippen molar-refractivity contribution in [3.05, 3.63) is 90.2 Å². The first-order chi connectivity index (χ1) is 18.9. The number of nitrogens with zero attached hydrogens (tertiary/aromatic N) is 2. The third-order valence-corrected chi connectivity index (χ3v) is 8.07. The number of carbonyl (C=O) groups excluding carboxylic acids is 3. The lowest BCUT2D eigenvalue weighted by Crippen LogP contribution is -2.50. The van der Waals surface area contributed by atoms with Gasteiger partial charge >= 0.3 is 0 Å². The minimum absolute atomic E-state index is 0.181. The minimum atomic E-state index is -0.548. The van der Waals surface area contributed by atoms with Crippen molar-refractivity contribution in [2.75, 3.05) is 23.7 Å². The molecule has 7 nitrogen and oxygen atoms in total. The number of imide groups is 1. The summed E-state index contributed by atoms with van der Waals surface area (Å²) in [5, 5.41) is 3.28. The summed E-state index contributed by atoms with van der Waals surface area (Å²) in [6.07, 6.45) is 1.41. The van der Waals surface area contributed by atoms with Crippen molar-refractivity contribution in [1.82, 2.24) is 10.2 Å². The van der Waals surface area contributed by atoms with Gasteiger partial charge in [0.2, 0.25) is 5.91 Å². The van der Waals surface area contributed by atoms with Crippen LogP contribution in [0.15, 0.2) is 78.9 Å². The highest BCUT2D eigenvalue weighted by Crippen LogP contribution is 2.28. The van der Waals surface area contributed by atoms with Crippen LogP contribution in [0.4, 0.5) is 10.1 Å². The van der Waals surface area contributed by atoms with E-state index < -0.39 is 11.9 Å². The molecule has 0 aliphatic carbocycles. The summed E-state index contributed by atoms with van der Waals surface area (Å²) in [6.45, 7) is 0.341. The van der Waals surface area contributed by atoms with Gasteiger partial charge in [0, 0.05) is 0 Å². The molecule has 5 rings (SSSR count). The fourth-order valence-corrected chi connectivity index (χ4v) is 5.76. The summed E-state index contributed by atoms with van der Waals surface area (Å²) >= 11 is 6.44. The Kier molecular flexibility index (Phi) is 8.35. The van der Waals surface area contributed by atoms with Gasteiger partial charge in [-0.15, -0.1) is 0 Å². The fraction of sp³-hybridized carbons (Fsp3) is 0.241. The number of halogens is 1. The molecule has 2 saturated heterocycles. The fourth-order valence-electron chi connectivity index (χ4n) is 4.69. The van der Waals surface area contributed by atoms with Gasteiger partial charge in [-0.2, -0.15) is 0 Å². The number of hydrogen-bond donors (Lipinski definition) is 1. The summed E-state index contributed by atoms with van der Waals surface area (Å²) in [5.74, 6) is -0.214. The molecule has 0 radical (unpaired) electrons. The Morgan fingerprint density at radius 3 is 2.33 bits per heavy atom. The summed E-state index contributed by atoms with van der Waals surface area (Å²) in [4.78, 5) is 41.9. The number of thiocarbonyl (C=S) groups is 1. The lowest BCUT2D eigenvalue weighted by Gasteiger charge is -2.26. The molecule has 0 bridgehead atoms. The molecule has 200 valence electrons. The van der Waals surface area contributed by atoms with Gasteiger partial charge < -0.3 is 10.1 Å². The molecule has 39 heavy (non-hydrogen) atoms. The van der Waals surface area contributed by atoms with Crippen LogP contribution in [0.1, 0.15) is 12.0 Å². The Bertz CT molecular complexity index is 1350. The number of hydrogen-bond acceptors (Lipinski definition) is 7. The normalized spacial score (nSPS) is 18.8. The molecule has 10 heteroatoms. The number of carbonyl (C=O) groups is 3. The molecule has 0 spiro atoms. The monoisotopic (exact) mass is 563 g/mol. The zero-order valence-corrected chi connectivity index (χ0v) is 22.6. The van der Waals surface area contributed by atoms with Crippen LogP contribution in [0.25, 0.3) is 0 Å². The van der Waals surface area contributed by atoms with Gasteiger partial charge in [0.25, 0.3) is 11.8 Å². The number of ether oxygens (including phenoxy) is 1. The molecule has 2 fully saturated rings. The highest BCUT2D eigenvalue weighted by atomic mass is 32.2. The largest absolute Gasteiger partial charge is 0.457 e. The van der Waals surface area contributed by atoms with E-state index in [0.717, 1.165) is 11.3 Å². The SMILES string of the molecule is O=C1CSC(=S)N1CC(=O)N(C(=O)[C@@H]1C[C@@H](Cc2ccccc2)CN1)c1ccc(Oc2ccc(F)cc2)cc1. The zero-order valence-electron chi connectivity index (χ0n) is 20.9. The molecule has 2 atom stereocenters. The van der Waals surface area contributed by atoms with Gasteiger partial charge in [0.1, 0.15) is 28.2 Å². The van der Waals surface area contributed by atoms with Gasteiger partial charge in [-0.25, -0.2) is 9.29 Å². The highest BCUT2D eigenvalue weighted by molar-refractivity contribution is 8.23. The van der Waals surface area contributed by atoms with Crippen LogP contribution >= 0.6 is 24.0 Å². The van der Waals surface area contributed by atoms with Crippen molar-refractivity contribution in [2.45, 2.75) is 18.9 Å². The van der Waals surface area contributed by atoms with Crippen LogP contribution in [-0.2, 0) is 20.8 Å². The third-order valence-electron chi connectivity index (χ3n) is 6.64. The summed E-state index contributed by atoms with van der Waals surface area (Å²) in [6, 6.07) is 21.6. The Morgan fingerprint density at radius 1 is 1.03 bits per heavy atom. The van der Waals surface area contributed by atoms with Crippen LogP contribution in [0, 0.1) is 11.7 Å². The Labute approximate surface area is 235 Å². The number of benzene rings is 3. The second-order valence-corrected chi connectivity index (χ2v) is 11.0. The first-order valence-corrected chi connectivity index (χ1v) is 13.9. The average molecular weight is 564 g/mol. The van der Waals surface area contributed by atoms with Crippen LogP contribution in [0.5, 0.6) is 11.5 Å². The quantitative estimate of drug-likeness (QED) is 0.403. The number of amides is 3. The predicted octanol–water partition coefficient (Wildman–Crippen LogP) is 4.56. The number of thioether (sulfide) groups is 1. The van der Waals surface area contributed by atoms with Crippen molar-refractivity contribution in [3.8, 4) is 11.5 Å². The molecule has 3 aromatic rings. The van der Waals surface area contributed by atoms with E-state index in [1.807, 2.05) is 18.2 Å². The Balaban J connectivity index is 1.34. The Hall–Kier alpha value is -3.60. The lowest BCUT2D eigenvalue weighted by atomic mass is 9.96. The number of rotatable bonds is 8. The second-order valence-electron chi connectivity index (χ2n) is 9.40. The first kappa shape index (κ1) is 27.0. The predicted molar refractivity (Wildman–Crippen MR) is 152 cm³/mol. The standard InChI is InChI=1S/C29H26FN3O4S2/c30-21-6-10-23(11-7-21)37-24-12-8-22(9-13-24)33(26(34)17-32-27(35)18-39-29(32)38)28(36)25-15-20(16-31-25)14-19-4-2-1-3-5-19/h1-13,20,25,31H,14-18H2/t20-,25+/m1/s1. The van der Waals surface area contributed by atoms with Crippen molar-refractivity contribution in [2.24, 2.45) is 5.92 Å². The minimum Gasteiger partial charge on any atom is -0.457 e. The summed E-state index contributed by atoms with van der Waals surface area (Å²) in [7, 11) is 0. The van der Waals surface area contributed by atoms with Crippen molar-refractivity contribution in [1.29, 1.82) is 0 Å². The van der Waals surface area contributed by atoms with Crippen LogP contribution < -0.4 is 15.0 Å². The van der Waals surface area contributed by atoms with E-state index in [4.69, 9.17) is 17.0 Å². The van der Waals surface area contributed by atoms with E-state index in [2.05, 4.69) is 17.4 Å². The zero-order chi connectivity index (χ0) is 27.4. The van der Waals surface area contributed by atoms with Gasteiger partial charge in [-0.05, 0) is 79.4 Å². The molecule has 3 aromatic carbocycles. The molecular weight excluding hydrogens is 537 g/mol. The van der Waals surface area contributed by atoms with E-state index in [9.17, 15) is 18.8 Å². The molecule has 0 aromatic heterocycles. The highest BCUT2D eigenvalue weighted by Gasteiger charge is 2.37. The molecule has 2 heterocycles. The maximum absolute atomic E-state index is 13.8. The van der Waals surface area contributed by atoms with Crippen LogP contribution in [0.3, 0.4) is 0 Å². The van der Waals surface area contributed by atoms with Crippen LogP contribution in [0.2, 0.25) is 0 Å². The maximum atomic E-state index is 13.8. The maximum Gasteiger partial charge on any atom is 0.253 e. The van der Waals surface area contributed by atoms with E-state index in [-0.39, 0.29) is 35.8 Å². The van der Waals surface area contributed by atoms with Crippen molar-refractivity contribution < 1.29 is 23.5 Å². The molecule has 2 aliphatic heterocycles. The number of nitrogens with one attached hydrogen (secondary N) is 1. The van der Waals surface area contributed by atoms with E-state index >= 15 is 0 Å². The lowest BCUT2D eigenvalue weighted by molar-refractivity contribution is -0.132. The molecule has 1 N–H and O–H groups in total. The molecule has 0 saturated carbocycles. The average Bonchev–Trinajstić information content (AvgIpc) is 3.53. The molecule has 3 amide bonds. The smallest absolute Gasteiger partial charge is 0.253 e. The van der Waals surface area contributed by atoms with Crippen molar-refractivity contribution in [3.63, 3.8) is 0 Å². The molecular formula is C29H26FN3O4S2. The van der Waals surface area contributed by atoms with Gasteiger partial charge in [-0.3, -0.25) is 19.3 Å². The van der Waals surface area contributed by atoms with Gasteiger partial charge in [0.05, 0.1) is 17.5 Å². The Morgan fingerprint density at radius 2 is 1.69 bits per heavy atom. The topological polar surface area (TPSA) is 79.0 Å². The summed E-state index contributed by atoms with van der Waals surface area (Å²) in [5.41, 5.74) is 1.55. The van der Waals surface area contributed by atoms with Crippen molar-refractivity contribution >= 4 is 51.7 Å². The van der Waals surface area contributed by atoms with Crippen LogP contribution in [-0.4, -0.2) is 51.8 Å². The third kappa shape index (κ3) is 6.52. The van der Waals surface area contributed by atoms with E-state index in [1.165, 1.54) is 46.5 Å². The first-order valence-electron chi connectivity index (χ1n) is 12.5. The van der Waals surface area contributed by atoms with E-state index in [0.29, 0.717) is 34.5 Å².